The van der Waals surface area contributed by atoms with Gasteiger partial charge in [0.25, 0.3) is 5.91 Å². The lowest BCUT2D eigenvalue weighted by Crippen LogP contribution is -2.23. The molecule has 0 aliphatic carbocycles. The second-order valence-electron chi connectivity index (χ2n) is 5.13. The third-order valence-electron chi connectivity index (χ3n) is 3.15. The predicted molar refractivity (Wildman–Crippen MR) is 83.2 cm³/mol. The van der Waals surface area contributed by atoms with E-state index in [1.807, 2.05) is 0 Å². The van der Waals surface area contributed by atoms with Gasteiger partial charge in [0.05, 0.1) is 6.42 Å². The van der Waals surface area contributed by atoms with Crippen molar-refractivity contribution in [2.45, 2.75) is 6.42 Å². The van der Waals surface area contributed by atoms with Crippen molar-refractivity contribution < 1.29 is 14.0 Å². The third-order valence-corrected chi connectivity index (χ3v) is 3.15. The minimum atomic E-state index is -0.454. The maximum Gasteiger partial charge on any atom is 0.255 e. The number of rotatable bonds is 4. The summed E-state index contributed by atoms with van der Waals surface area (Å²) in [4.78, 5) is 25.1. The molecule has 0 saturated carbocycles. The van der Waals surface area contributed by atoms with Crippen molar-refractivity contribution in [1.82, 2.24) is 4.90 Å². The highest BCUT2D eigenvalue weighted by Crippen LogP contribution is 2.13. The molecule has 2 rings (SSSR count). The molecule has 22 heavy (non-hydrogen) atoms. The molecule has 0 fully saturated rings. The first kappa shape index (κ1) is 15.7. The Labute approximate surface area is 128 Å². The van der Waals surface area contributed by atoms with Crippen LogP contribution in [0.1, 0.15) is 15.9 Å². The number of benzene rings is 2. The summed E-state index contributed by atoms with van der Waals surface area (Å²) in [6.07, 6.45) is 0.311. The number of likely N-dealkylation sites (N-methyl/N-ethyl adjacent to an activating group) is 1. The summed E-state index contributed by atoms with van der Waals surface area (Å²) in [5, 5.41) is 2.69. The van der Waals surface area contributed by atoms with E-state index in [9.17, 15) is 14.0 Å². The monoisotopic (exact) mass is 300 g/mol. The second-order valence-corrected chi connectivity index (χ2v) is 5.13. The molecule has 0 aliphatic rings. The van der Waals surface area contributed by atoms with Gasteiger partial charge in [-0.1, -0.05) is 18.2 Å². The van der Waals surface area contributed by atoms with Crippen LogP contribution in [0.25, 0.3) is 0 Å². The molecule has 0 bridgehead atoms. The van der Waals surface area contributed by atoms with Crippen LogP contribution < -0.4 is 5.32 Å². The van der Waals surface area contributed by atoms with Gasteiger partial charge in [-0.05, 0) is 35.9 Å². The maximum atomic E-state index is 13.1. The molecule has 0 saturated heterocycles. The van der Waals surface area contributed by atoms with Crippen molar-refractivity contribution in [2.75, 3.05) is 19.4 Å². The first-order valence-corrected chi connectivity index (χ1v) is 6.82. The number of carbonyl (C=O) groups excluding carboxylic acids is 2. The Balaban J connectivity index is 2.02. The van der Waals surface area contributed by atoms with Crippen LogP contribution in [0.2, 0.25) is 0 Å². The average Bonchev–Trinajstić information content (AvgIpc) is 2.49. The molecule has 0 aromatic heterocycles. The van der Waals surface area contributed by atoms with Gasteiger partial charge >= 0.3 is 0 Å². The largest absolute Gasteiger partial charge is 0.349 e. The molecule has 2 amide bonds. The quantitative estimate of drug-likeness (QED) is 0.944. The molecular formula is C17H17FN2O2. The molecule has 114 valence electrons. The van der Waals surface area contributed by atoms with Crippen LogP contribution in [0.15, 0.2) is 48.5 Å². The average molecular weight is 300 g/mol. The Morgan fingerprint density at radius 3 is 2.36 bits per heavy atom. The highest BCUT2D eigenvalue weighted by Gasteiger charge is 2.08. The number of carbonyl (C=O) groups is 2. The molecule has 0 aliphatic heterocycles. The van der Waals surface area contributed by atoms with Crippen molar-refractivity contribution >= 4 is 17.5 Å². The molecule has 2 aromatic carbocycles. The van der Waals surface area contributed by atoms with Gasteiger partial charge in [-0.3, -0.25) is 9.59 Å². The fourth-order valence-electron chi connectivity index (χ4n) is 1.87. The Bertz CT molecular complexity index is 681. The minimum Gasteiger partial charge on any atom is -0.349 e. The standard InChI is InChI=1S/C17H17FN2O2/c1-20(2)16(21)10-12-6-8-15(9-7-12)19-17(22)13-4-3-5-14(18)11-13/h3-9,11H,10H2,1-2H3,(H,19,22). The smallest absolute Gasteiger partial charge is 0.255 e. The van der Waals surface area contributed by atoms with Crippen LogP contribution in [0.5, 0.6) is 0 Å². The first-order chi connectivity index (χ1) is 10.5. The third kappa shape index (κ3) is 4.15. The van der Waals surface area contributed by atoms with Crippen LogP contribution in [0, 0.1) is 5.82 Å². The van der Waals surface area contributed by atoms with Crippen LogP contribution >= 0.6 is 0 Å². The Morgan fingerprint density at radius 1 is 1.09 bits per heavy atom. The Kier molecular flexibility index (Phi) is 4.88. The summed E-state index contributed by atoms with van der Waals surface area (Å²) in [5.41, 5.74) is 1.71. The van der Waals surface area contributed by atoms with E-state index in [2.05, 4.69) is 5.32 Å². The molecule has 4 nitrogen and oxygen atoms in total. The normalized spacial score (nSPS) is 10.1. The van der Waals surface area contributed by atoms with Gasteiger partial charge in [-0.15, -0.1) is 0 Å². The van der Waals surface area contributed by atoms with Crippen molar-refractivity contribution in [3.8, 4) is 0 Å². The summed E-state index contributed by atoms with van der Waals surface area (Å²) in [6.45, 7) is 0. The van der Waals surface area contributed by atoms with E-state index in [0.717, 1.165) is 5.56 Å². The molecule has 0 heterocycles. The van der Waals surface area contributed by atoms with E-state index in [4.69, 9.17) is 0 Å². The zero-order valence-electron chi connectivity index (χ0n) is 12.5. The van der Waals surface area contributed by atoms with E-state index < -0.39 is 5.82 Å². The summed E-state index contributed by atoms with van der Waals surface area (Å²) in [7, 11) is 3.41. The molecule has 0 spiro atoms. The highest BCUT2D eigenvalue weighted by molar-refractivity contribution is 6.04. The Hall–Kier alpha value is -2.69. The molecule has 2 aromatic rings. The summed E-state index contributed by atoms with van der Waals surface area (Å²) in [6, 6.07) is 12.5. The fraction of sp³-hybridized carbons (Fsp3) is 0.176. The maximum absolute atomic E-state index is 13.1. The number of anilines is 1. The molecule has 0 atom stereocenters. The zero-order chi connectivity index (χ0) is 16.1. The van der Waals surface area contributed by atoms with Gasteiger partial charge in [0.15, 0.2) is 0 Å². The first-order valence-electron chi connectivity index (χ1n) is 6.82. The fourth-order valence-corrected chi connectivity index (χ4v) is 1.87. The van der Waals surface area contributed by atoms with Crippen molar-refractivity contribution in [3.05, 3.63) is 65.5 Å². The number of amides is 2. The SMILES string of the molecule is CN(C)C(=O)Cc1ccc(NC(=O)c2cccc(F)c2)cc1. The van der Waals surface area contributed by atoms with Crippen molar-refractivity contribution in [2.24, 2.45) is 0 Å². The second kappa shape index (κ2) is 6.85. The number of nitrogens with one attached hydrogen (secondary N) is 1. The van der Waals surface area contributed by atoms with Gasteiger partial charge in [-0.2, -0.15) is 0 Å². The molecule has 0 radical (unpaired) electrons. The van der Waals surface area contributed by atoms with E-state index in [1.165, 1.54) is 23.1 Å². The van der Waals surface area contributed by atoms with Crippen molar-refractivity contribution in [3.63, 3.8) is 0 Å². The lowest BCUT2D eigenvalue weighted by atomic mass is 10.1. The lowest BCUT2D eigenvalue weighted by Gasteiger charge is -2.10. The lowest BCUT2D eigenvalue weighted by molar-refractivity contribution is -0.127. The van der Waals surface area contributed by atoms with Crippen LogP contribution in [-0.4, -0.2) is 30.8 Å². The Morgan fingerprint density at radius 2 is 1.77 bits per heavy atom. The number of hydrogen-bond donors (Lipinski definition) is 1. The zero-order valence-corrected chi connectivity index (χ0v) is 12.5. The summed E-state index contributed by atoms with van der Waals surface area (Å²) in [5.74, 6) is -0.821. The van der Waals surface area contributed by atoms with Crippen LogP contribution in [0.4, 0.5) is 10.1 Å². The summed E-state index contributed by atoms with van der Waals surface area (Å²) < 4.78 is 13.1. The summed E-state index contributed by atoms with van der Waals surface area (Å²) >= 11 is 0. The van der Waals surface area contributed by atoms with Crippen LogP contribution in [0.3, 0.4) is 0 Å². The molecule has 5 heteroatoms. The number of nitrogens with zero attached hydrogens (tertiary/aromatic N) is 1. The molecule has 1 N–H and O–H groups in total. The highest BCUT2D eigenvalue weighted by atomic mass is 19.1. The van der Waals surface area contributed by atoms with Gasteiger partial charge < -0.3 is 10.2 Å². The predicted octanol–water partition coefficient (Wildman–Crippen LogP) is 2.71. The van der Waals surface area contributed by atoms with E-state index in [1.54, 1.807) is 44.4 Å². The van der Waals surface area contributed by atoms with Crippen LogP contribution in [-0.2, 0) is 11.2 Å². The molecule has 0 unspecified atom stereocenters. The topological polar surface area (TPSA) is 49.4 Å². The molecular weight excluding hydrogens is 283 g/mol. The number of halogens is 1. The van der Waals surface area contributed by atoms with E-state index in [-0.39, 0.29) is 17.4 Å². The van der Waals surface area contributed by atoms with E-state index >= 15 is 0 Å². The van der Waals surface area contributed by atoms with Gasteiger partial charge in [0.2, 0.25) is 5.91 Å². The minimum absolute atomic E-state index is 0.0107. The van der Waals surface area contributed by atoms with Gasteiger partial charge in [-0.25, -0.2) is 4.39 Å². The van der Waals surface area contributed by atoms with Gasteiger partial charge in [0, 0.05) is 25.3 Å². The van der Waals surface area contributed by atoms with Crippen molar-refractivity contribution in [1.29, 1.82) is 0 Å². The van der Waals surface area contributed by atoms with Gasteiger partial charge in [0.1, 0.15) is 5.82 Å². The number of hydrogen-bond acceptors (Lipinski definition) is 2. The van der Waals surface area contributed by atoms with E-state index in [0.29, 0.717) is 12.1 Å².